The maximum absolute atomic E-state index is 12.0. The van der Waals surface area contributed by atoms with Gasteiger partial charge < -0.3 is 5.11 Å². The molecule has 0 radical (unpaired) electrons. The summed E-state index contributed by atoms with van der Waals surface area (Å²) in [5.74, 6) is 4.13. The molecule has 6 nitrogen and oxygen atoms in total. The lowest BCUT2D eigenvalue weighted by Crippen LogP contribution is -2.49. The first kappa shape index (κ1) is 13.6. The second-order valence-corrected chi connectivity index (χ2v) is 5.25. The van der Waals surface area contributed by atoms with E-state index in [9.17, 15) is 13.2 Å². The Labute approximate surface area is 99.7 Å². The highest BCUT2D eigenvalue weighted by molar-refractivity contribution is 7.89. The Morgan fingerprint density at radius 3 is 2.35 bits per heavy atom. The average Bonchev–Trinajstić information content (AvgIpc) is 2.30. The van der Waals surface area contributed by atoms with Crippen LogP contribution in [0.4, 0.5) is 0 Å². The molecule has 1 unspecified atom stereocenters. The second-order valence-electron chi connectivity index (χ2n) is 3.41. The molecule has 17 heavy (non-hydrogen) atoms. The van der Waals surface area contributed by atoms with E-state index in [1.807, 2.05) is 0 Å². The van der Waals surface area contributed by atoms with Crippen LogP contribution in [0, 0.1) is 0 Å². The molecule has 7 heteroatoms. The Balaban J connectivity index is 3.11. The van der Waals surface area contributed by atoms with E-state index in [2.05, 4.69) is 0 Å². The Morgan fingerprint density at radius 1 is 1.41 bits per heavy atom. The van der Waals surface area contributed by atoms with Crippen LogP contribution in [-0.2, 0) is 14.8 Å². The standard InChI is InChI=1S/C10H14N2O4S/c1-2-9(10(13)14)12(11)17(15,16)8-6-4-3-5-7-8/h3-7,9H,2,11H2,1H3,(H,13,14). The highest BCUT2D eigenvalue weighted by Crippen LogP contribution is 2.15. The summed E-state index contributed by atoms with van der Waals surface area (Å²) in [6, 6.07) is 6.22. The molecule has 1 aromatic carbocycles. The lowest BCUT2D eigenvalue weighted by atomic mass is 10.2. The van der Waals surface area contributed by atoms with Crippen LogP contribution in [0.15, 0.2) is 35.2 Å². The van der Waals surface area contributed by atoms with Gasteiger partial charge in [-0.3, -0.25) is 10.6 Å². The Kier molecular flexibility index (Phi) is 4.22. The maximum atomic E-state index is 12.0. The third kappa shape index (κ3) is 2.82. The summed E-state index contributed by atoms with van der Waals surface area (Å²) in [6.45, 7) is 1.55. The van der Waals surface area contributed by atoms with Gasteiger partial charge in [-0.15, -0.1) is 4.41 Å². The second kappa shape index (κ2) is 5.26. The molecule has 1 rings (SSSR count). The highest BCUT2D eigenvalue weighted by Gasteiger charge is 2.32. The van der Waals surface area contributed by atoms with Crippen molar-refractivity contribution in [3.05, 3.63) is 30.3 Å². The number of carboxylic acid groups (broad SMARTS) is 1. The van der Waals surface area contributed by atoms with Gasteiger partial charge in [-0.2, -0.15) is 0 Å². The number of hydrazine groups is 1. The molecule has 0 aliphatic heterocycles. The molecule has 0 saturated heterocycles. The van der Waals surface area contributed by atoms with Gasteiger partial charge in [0.25, 0.3) is 10.0 Å². The maximum Gasteiger partial charge on any atom is 0.323 e. The predicted octanol–water partition coefficient (Wildman–Crippen LogP) is 0.414. The largest absolute Gasteiger partial charge is 0.480 e. The van der Waals surface area contributed by atoms with Gasteiger partial charge in [0.2, 0.25) is 0 Å². The number of sulfonamides is 1. The monoisotopic (exact) mass is 258 g/mol. The van der Waals surface area contributed by atoms with Gasteiger partial charge in [-0.05, 0) is 18.6 Å². The van der Waals surface area contributed by atoms with Crippen molar-refractivity contribution >= 4 is 16.0 Å². The fraction of sp³-hybridized carbons (Fsp3) is 0.300. The summed E-state index contributed by atoms with van der Waals surface area (Å²) >= 11 is 0. The van der Waals surface area contributed by atoms with E-state index in [1.54, 1.807) is 25.1 Å². The molecule has 0 aliphatic carbocycles. The van der Waals surface area contributed by atoms with Crippen molar-refractivity contribution in [3.63, 3.8) is 0 Å². The van der Waals surface area contributed by atoms with Crippen molar-refractivity contribution in [2.75, 3.05) is 0 Å². The number of hydrogen-bond donors (Lipinski definition) is 2. The van der Waals surface area contributed by atoms with Crippen molar-refractivity contribution in [2.24, 2.45) is 5.84 Å². The van der Waals surface area contributed by atoms with Crippen molar-refractivity contribution in [2.45, 2.75) is 24.3 Å². The number of benzene rings is 1. The SMILES string of the molecule is CCC(C(=O)O)N(N)S(=O)(=O)c1ccccc1. The van der Waals surface area contributed by atoms with Gasteiger partial charge in [0, 0.05) is 0 Å². The molecule has 0 spiro atoms. The first-order valence-electron chi connectivity index (χ1n) is 4.98. The Hall–Kier alpha value is -1.44. The van der Waals surface area contributed by atoms with Crippen LogP contribution < -0.4 is 5.84 Å². The molecule has 0 aliphatic rings. The van der Waals surface area contributed by atoms with Crippen molar-refractivity contribution in [1.82, 2.24) is 4.41 Å². The van der Waals surface area contributed by atoms with Crippen LogP contribution in [0.5, 0.6) is 0 Å². The zero-order valence-electron chi connectivity index (χ0n) is 9.28. The number of carboxylic acids is 1. The minimum absolute atomic E-state index is 0.0257. The van der Waals surface area contributed by atoms with E-state index < -0.39 is 22.0 Å². The molecule has 3 N–H and O–H groups in total. The van der Waals surface area contributed by atoms with Gasteiger partial charge in [-0.25, -0.2) is 8.42 Å². The molecular formula is C10H14N2O4S. The van der Waals surface area contributed by atoms with Crippen LogP contribution in [0.2, 0.25) is 0 Å². The van der Waals surface area contributed by atoms with Crippen LogP contribution in [0.1, 0.15) is 13.3 Å². The van der Waals surface area contributed by atoms with E-state index in [4.69, 9.17) is 10.9 Å². The molecule has 1 atom stereocenters. The predicted molar refractivity (Wildman–Crippen MR) is 61.4 cm³/mol. The summed E-state index contributed by atoms with van der Waals surface area (Å²) in [6.07, 6.45) is 0.0951. The van der Waals surface area contributed by atoms with Gasteiger partial charge in [0.15, 0.2) is 0 Å². The first-order valence-corrected chi connectivity index (χ1v) is 6.42. The number of hydrogen-bond acceptors (Lipinski definition) is 4. The Morgan fingerprint density at radius 2 is 1.94 bits per heavy atom. The molecule has 0 heterocycles. The zero-order valence-corrected chi connectivity index (χ0v) is 10.1. The van der Waals surface area contributed by atoms with Crippen LogP contribution in [-0.4, -0.2) is 29.9 Å². The minimum atomic E-state index is -3.97. The fourth-order valence-electron chi connectivity index (χ4n) is 1.35. The van der Waals surface area contributed by atoms with E-state index in [0.717, 1.165) is 0 Å². The van der Waals surface area contributed by atoms with Crippen LogP contribution >= 0.6 is 0 Å². The zero-order chi connectivity index (χ0) is 13.1. The number of carbonyl (C=O) groups is 1. The Bertz CT molecular complexity index is 486. The molecule has 0 bridgehead atoms. The van der Waals surface area contributed by atoms with Gasteiger partial charge in [0.05, 0.1) is 4.90 Å². The summed E-state index contributed by atoms with van der Waals surface area (Å²) in [5, 5.41) is 8.87. The highest BCUT2D eigenvalue weighted by atomic mass is 32.2. The lowest BCUT2D eigenvalue weighted by Gasteiger charge is -2.22. The van der Waals surface area contributed by atoms with E-state index >= 15 is 0 Å². The van der Waals surface area contributed by atoms with Gasteiger partial charge >= 0.3 is 5.97 Å². The number of aliphatic carboxylic acids is 1. The van der Waals surface area contributed by atoms with E-state index in [-0.39, 0.29) is 11.3 Å². The fourth-order valence-corrected chi connectivity index (χ4v) is 2.66. The molecule has 0 saturated carbocycles. The molecule has 0 aromatic heterocycles. The smallest absolute Gasteiger partial charge is 0.323 e. The molecule has 1 aromatic rings. The normalized spacial score (nSPS) is 13.6. The summed E-state index contributed by atoms with van der Waals surface area (Å²) in [5.41, 5.74) is 0. The first-order chi connectivity index (χ1) is 7.91. The third-order valence-corrected chi connectivity index (χ3v) is 3.97. The molecular weight excluding hydrogens is 244 g/mol. The van der Waals surface area contributed by atoms with Gasteiger partial charge in [-0.1, -0.05) is 25.1 Å². The van der Waals surface area contributed by atoms with Crippen LogP contribution in [0.25, 0.3) is 0 Å². The van der Waals surface area contributed by atoms with Crippen molar-refractivity contribution < 1.29 is 18.3 Å². The van der Waals surface area contributed by atoms with Crippen LogP contribution in [0.3, 0.4) is 0 Å². The minimum Gasteiger partial charge on any atom is -0.480 e. The number of nitrogens with two attached hydrogens (primary N) is 1. The summed E-state index contributed by atoms with van der Waals surface area (Å²) < 4.78 is 24.3. The number of nitrogens with zero attached hydrogens (tertiary/aromatic N) is 1. The third-order valence-electron chi connectivity index (χ3n) is 2.30. The van der Waals surface area contributed by atoms with E-state index in [1.165, 1.54) is 12.1 Å². The molecule has 94 valence electrons. The summed E-state index contributed by atoms with van der Waals surface area (Å²) in [7, 11) is -3.97. The molecule has 0 fully saturated rings. The molecule has 0 amide bonds. The van der Waals surface area contributed by atoms with Crippen molar-refractivity contribution in [3.8, 4) is 0 Å². The van der Waals surface area contributed by atoms with Gasteiger partial charge in [0.1, 0.15) is 6.04 Å². The van der Waals surface area contributed by atoms with Crippen molar-refractivity contribution in [1.29, 1.82) is 0 Å². The number of rotatable bonds is 5. The average molecular weight is 258 g/mol. The van der Waals surface area contributed by atoms with E-state index in [0.29, 0.717) is 4.41 Å². The quantitative estimate of drug-likeness (QED) is 0.588. The topological polar surface area (TPSA) is 101 Å². The summed E-state index contributed by atoms with van der Waals surface area (Å²) in [4.78, 5) is 10.8. The lowest BCUT2D eigenvalue weighted by molar-refractivity contribution is -0.141.